The van der Waals surface area contributed by atoms with Crippen LogP contribution in [0, 0.1) is 5.92 Å². The summed E-state index contributed by atoms with van der Waals surface area (Å²) in [5, 5.41) is 10.3. The highest BCUT2D eigenvalue weighted by Gasteiger charge is 2.31. The number of hydrogen-bond acceptors (Lipinski definition) is 3. The summed E-state index contributed by atoms with van der Waals surface area (Å²) < 4.78 is 5.19. The van der Waals surface area contributed by atoms with Crippen LogP contribution in [0.5, 0.6) is 5.75 Å². The molecule has 3 heteroatoms. The van der Waals surface area contributed by atoms with Crippen molar-refractivity contribution in [3.05, 3.63) is 29.8 Å². The van der Waals surface area contributed by atoms with Crippen molar-refractivity contribution in [2.24, 2.45) is 5.92 Å². The van der Waals surface area contributed by atoms with Crippen LogP contribution in [0.15, 0.2) is 24.3 Å². The lowest BCUT2D eigenvalue weighted by Crippen LogP contribution is -2.45. The summed E-state index contributed by atoms with van der Waals surface area (Å²) >= 11 is 0. The second-order valence-corrected chi connectivity index (χ2v) is 6.37. The highest BCUT2D eigenvalue weighted by molar-refractivity contribution is 5.27. The minimum atomic E-state index is -0.179. The van der Waals surface area contributed by atoms with E-state index in [4.69, 9.17) is 4.74 Å². The molecule has 2 rings (SSSR count). The van der Waals surface area contributed by atoms with Crippen molar-refractivity contribution in [2.75, 3.05) is 14.2 Å². The van der Waals surface area contributed by atoms with Crippen molar-refractivity contribution in [3.8, 4) is 5.75 Å². The molecule has 0 saturated heterocycles. The Kier molecular flexibility index (Phi) is 6.07. The average Bonchev–Trinajstić information content (AvgIpc) is 2.50. The van der Waals surface area contributed by atoms with E-state index in [1.807, 2.05) is 12.1 Å². The van der Waals surface area contributed by atoms with Crippen molar-refractivity contribution >= 4 is 0 Å². The number of likely N-dealkylation sites (N-methyl/N-ethyl adjacent to an activating group) is 1. The summed E-state index contributed by atoms with van der Waals surface area (Å²) in [6.45, 7) is 3.13. The Bertz CT molecular complexity index is 418. The molecule has 3 atom stereocenters. The van der Waals surface area contributed by atoms with E-state index in [1.54, 1.807) is 7.11 Å². The largest absolute Gasteiger partial charge is 0.497 e. The van der Waals surface area contributed by atoms with E-state index >= 15 is 0 Å². The predicted octanol–water partition coefficient (Wildman–Crippen LogP) is 3.46. The summed E-state index contributed by atoms with van der Waals surface area (Å²) in [4.78, 5) is 2.31. The fraction of sp³-hybridized carbons (Fsp3) is 0.667. The number of hydrogen-bond donors (Lipinski definition) is 1. The third-order valence-electron chi connectivity index (χ3n) is 4.74. The van der Waals surface area contributed by atoms with Gasteiger partial charge in [-0.3, -0.25) is 4.90 Å². The molecular weight excluding hydrogens is 262 g/mol. The van der Waals surface area contributed by atoms with Gasteiger partial charge in [-0.25, -0.2) is 0 Å². The Balaban J connectivity index is 1.95. The van der Waals surface area contributed by atoms with Crippen LogP contribution in [0.25, 0.3) is 0 Å². The molecular formula is C18H29NO2. The summed E-state index contributed by atoms with van der Waals surface area (Å²) in [6.07, 6.45) is 5.61. The third-order valence-corrected chi connectivity index (χ3v) is 4.74. The van der Waals surface area contributed by atoms with Crippen LogP contribution in [-0.4, -0.2) is 36.3 Å². The van der Waals surface area contributed by atoms with E-state index in [0.717, 1.165) is 31.1 Å². The molecule has 0 amide bonds. The number of ether oxygens (including phenoxy) is 1. The molecule has 0 bridgehead atoms. The fourth-order valence-corrected chi connectivity index (χ4v) is 3.50. The number of rotatable bonds is 6. The van der Waals surface area contributed by atoms with Gasteiger partial charge in [0.15, 0.2) is 0 Å². The lowest BCUT2D eigenvalue weighted by Gasteiger charge is -2.39. The Hall–Kier alpha value is -1.06. The van der Waals surface area contributed by atoms with Crippen LogP contribution >= 0.6 is 0 Å². The first-order valence-corrected chi connectivity index (χ1v) is 8.15. The SMILES string of the molecule is CCCC1CCC(O)C(N(C)Cc2ccc(OC)cc2)C1. The molecule has 21 heavy (non-hydrogen) atoms. The van der Waals surface area contributed by atoms with Crippen LogP contribution in [0.3, 0.4) is 0 Å². The maximum Gasteiger partial charge on any atom is 0.118 e. The lowest BCUT2D eigenvalue weighted by atomic mass is 9.81. The number of aliphatic hydroxyl groups excluding tert-OH is 1. The van der Waals surface area contributed by atoms with Crippen LogP contribution in [-0.2, 0) is 6.54 Å². The molecule has 3 nitrogen and oxygen atoms in total. The maximum atomic E-state index is 10.3. The van der Waals surface area contributed by atoms with Crippen molar-refractivity contribution < 1.29 is 9.84 Å². The fourth-order valence-electron chi connectivity index (χ4n) is 3.50. The third kappa shape index (κ3) is 4.45. The van der Waals surface area contributed by atoms with Crippen molar-refractivity contribution in [3.63, 3.8) is 0 Å². The average molecular weight is 291 g/mol. The molecule has 1 aliphatic rings. The van der Waals surface area contributed by atoms with Gasteiger partial charge >= 0.3 is 0 Å². The van der Waals surface area contributed by atoms with Gasteiger partial charge in [0.05, 0.1) is 13.2 Å². The lowest BCUT2D eigenvalue weighted by molar-refractivity contribution is 0.00957. The van der Waals surface area contributed by atoms with Crippen molar-refractivity contribution in [2.45, 2.75) is 57.7 Å². The molecule has 1 aliphatic carbocycles. The quantitative estimate of drug-likeness (QED) is 0.871. The zero-order valence-corrected chi connectivity index (χ0v) is 13.6. The van der Waals surface area contributed by atoms with Crippen molar-refractivity contribution in [1.29, 1.82) is 0 Å². The number of nitrogens with zero attached hydrogens (tertiary/aromatic N) is 1. The first-order valence-electron chi connectivity index (χ1n) is 8.15. The predicted molar refractivity (Wildman–Crippen MR) is 86.5 cm³/mol. The van der Waals surface area contributed by atoms with Gasteiger partial charge in [-0.05, 0) is 49.9 Å². The highest BCUT2D eigenvalue weighted by atomic mass is 16.5. The van der Waals surface area contributed by atoms with Gasteiger partial charge in [0.2, 0.25) is 0 Å². The van der Waals surface area contributed by atoms with E-state index in [1.165, 1.54) is 24.8 Å². The molecule has 0 aliphatic heterocycles. The minimum Gasteiger partial charge on any atom is -0.497 e. The molecule has 118 valence electrons. The molecule has 1 N–H and O–H groups in total. The summed E-state index contributed by atoms with van der Waals surface area (Å²) in [6, 6.07) is 8.50. The first-order chi connectivity index (χ1) is 10.1. The Morgan fingerprint density at radius 3 is 2.57 bits per heavy atom. The van der Waals surface area contributed by atoms with Gasteiger partial charge in [0, 0.05) is 12.6 Å². The van der Waals surface area contributed by atoms with Gasteiger partial charge in [0.25, 0.3) is 0 Å². The molecule has 3 unspecified atom stereocenters. The van der Waals surface area contributed by atoms with Gasteiger partial charge in [-0.15, -0.1) is 0 Å². The summed E-state index contributed by atoms with van der Waals surface area (Å²) in [5.74, 6) is 1.67. The monoisotopic (exact) mass is 291 g/mol. The summed E-state index contributed by atoms with van der Waals surface area (Å²) in [5.41, 5.74) is 1.27. The first kappa shape index (κ1) is 16.3. The van der Waals surface area contributed by atoms with E-state index in [2.05, 4.69) is 31.0 Å². The highest BCUT2D eigenvalue weighted by Crippen LogP contribution is 2.31. The van der Waals surface area contributed by atoms with E-state index in [0.29, 0.717) is 0 Å². The van der Waals surface area contributed by atoms with Crippen LogP contribution in [0.4, 0.5) is 0 Å². The van der Waals surface area contributed by atoms with Gasteiger partial charge in [-0.2, -0.15) is 0 Å². The zero-order chi connectivity index (χ0) is 15.2. The van der Waals surface area contributed by atoms with Crippen LogP contribution in [0.1, 0.15) is 44.6 Å². The topological polar surface area (TPSA) is 32.7 Å². The smallest absolute Gasteiger partial charge is 0.118 e. The zero-order valence-electron chi connectivity index (χ0n) is 13.6. The van der Waals surface area contributed by atoms with E-state index in [-0.39, 0.29) is 12.1 Å². The summed E-state index contributed by atoms with van der Waals surface area (Å²) in [7, 11) is 3.82. The molecule has 0 spiro atoms. The molecule has 1 fully saturated rings. The standard InChI is InChI=1S/C18H29NO2/c1-4-5-14-8-11-18(20)17(12-14)19(2)13-15-6-9-16(21-3)10-7-15/h6-7,9-10,14,17-18,20H,4-5,8,11-13H2,1-3H3. The second kappa shape index (κ2) is 7.81. The van der Waals surface area contributed by atoms with E-state index in [9.17, 15) is 5.11 Å². The van der Waals surface area contributed by atoms with Gasteiger partial charge in [0.1, 0.15) is 5.75 Å². The number of benzene rings is 1. The Morgan fingerprint density at radius 2 is 1.95 bits per heavy atom. The molecule has 0 aromatic heterocycles. The van der Waals surface area contributed by atoms with E-state index < -0.39 is 0 Å². The van der Waals surface area contributed by atoms with Gasteiger partial charge < -0.3 is 9.84 Å². The number of methoxy groups -OCH3 is 1. The Morgan fingerprint density at radius 1 is 1.24 bits per heavy atom. The number of aliphatic hydroxyl groups is 1. The molecule has 1 aromatic carbocycles. The molecule has 0 heterocycles. The van der Waals surface area contributed by atoms with Gasteiger partial charge in [-0.1, -0.05) is 31.9 Å². The second-order valence-electron chi connectivity index (χ2n) is 6.37. The molecule has 1 saturated carbocycles. The van der Waals surface area contributed by atoms with Crippen LogP contribution < -0.4 is 4.74 Å². The Labute approximate surface area is 128 Å². The maximum absolute atomic E-state index is 10.3. The van der Waals surface area contributed by atoms with Crippen molar-refractivity contribution in [1.82, 2.24) is 4.90 Å². The molecule has 1 aromatic rings. The van der Waals surface area contributed by atoms with Crippen LogP contribution in [0.2, 0.25) is 0 Å². The minimum absolute atomic E-state index is 0.179. The normalized spacial score (nSPS) is 26.0. The molecule has 0 radical (unpaired) electrons.